The van der Waals surface area contributed by atoms with Gasteiger partial charge in [-0.1, -0.05) is 6.07 Å². The average Bonchev–Trinajstić information content (AvgIpc) is 2.23. The Kier molecular flexibility index (Phi) is 2.23. The normalized spacial score (nSPS) is 10.1. The van der Waals surface area contributed by atoms with Gasteiger partial charge in [0.2, 0.25) is 0 Å². The Balaban J connectivity index is 2.58. The predicted octanol–water partition coefficient (Wildman–Crippen LogP) is 2.59. The van der Waals surface area contributed by atoms with Gasteiger partial charge in [-0.15, -0.1) is 0 Å². The van der Waals surface area contributed by atoms with Crippen LogP contribution >= 0.6 is 0 Å². The molecule has 0 aliphatic rings. The molecule has 0 fully saturated rings. The van der Waals surface area contributed by atoms with Gasteiger partial charge in [-0.25, -0.2) is 4.39 Å². The van der Waals surface area contributed by atoms with E-state index in [0.717, 1.165) is 0 Å². The summed E-state index contributed by atoms with van der Waals surface area (Å²) in [5.41, 5.74) is 1.46. The van der Waals surface area contributed by atoms with Gasteiger partial charge in [0.05, 0.1) is 5.69 Å². The molecule has 0 aliphatic carbocycles. The van der Waals surface area contributed by atoms with Gasteiger partial charge in [0.25, 0.3) is 0 Å². The summed E-state index contributed by atoms with van der Waals surface area (Å²) in [6.45, 7) is 1.71. The van der Waals surface area contributed by atoms with Crippen LogP contribution in [0.15, 0.2) is 36.7 Å². The van der Waals surface area contributed by atoms with Gasteiger partial charge >= 0.3 is 0 Å². The van der Waals surface area contributed by atoms with Crippen molar-refractivity contribution in [1.29, 1.82) is 0 Å². The first kappa shape index (κ1) is 8.81. The molecule has 0 bridgehead atoms. The SMILES string of the molecule is Cc1ccnc(-c2ccccn2)c1F. The molecule has 2 nitrogen and oxygen atoms in total. The van der Waals surface area contributed by atoms with Crippen LogP contribution in [0, 0.1) is 12.7 Å². The monoisotopic (exact) mass is 188 g/mol. The molecule has 0 aromatic carbocycles. The van der Waals surface area contributed by atoms with E-state index in [4.69, 9.17) is 0 Å². The summed E-state index contributed by atoms with van der Waals surface area (Å²) < 4.78 is 13.6. The van der Waals surface area contributed by atoms with E-state index in [0.29, 0.717) is 17.0 Å². The van der Waals surface area contributed by atoms with E-state index in [2.05, 4.69) is 9.97 Å². The fraction of sp³-hybridized carbons (Fsp3) is 0.0909. The third kappa shape index (κ3) is 1.48. The first-order valence-corrected chi connectivity index (χ1v) is 4.31. The number of aryl methyl sites for hydroxylation is 1. The zero-order chi connectivity index (χ0) is 9.97. The van der Waals surface area contributed by atoms with E-state index in [9.17, 15) is 4.39 Å². The van der Waals surface area contributed by atoms with Crippen LogP contribution in [0.25, 0.3) is 11.4 Å². The van der Waals surface area contributed by atoms with Crippen molar-refractivity contribution < 1.29 is 4.39 Å². The number of hydrogen-bond acceptors (Lipinski definition) is 2. The Morgan fingerprint density at radius 2 is 1.93 bits per heavy atom. The lowest BCUT2D eigenvalue weighted by atomic mass is 10.2. The minimum Gasteiger partial charge on any atom is -0.255 e. The number of hydrogen-bond donors (Lipinski definition) is 0. The molecule has 2 rings (SSSR count). The molecular weight excluding hydrogens is 179 g/mol. The van der Waals surface area contributed by atoms with Gasteiger partial charge < -0.3 is 0 Å². The molecule has 2 aromatic rings. The van der Waals surface area contributed by atoms with Crippen molar-refractivity contribution in [3.63, 3.8) is 0 Å². The molecular formula is C11H9FN2. The standard InChI is InChI=1S/C11H9FN2/c1-8-5-7-14-11(10(8)12)9-4-2-3-6-13-9/h2-7H,1H3. The van der Waals surface area contributed by atoms with Crippen LogP contribution in [0.4, 0.5) is 4.39 Å². The fourth-order valence-corrected chi connectivity index (χ4v) is 1.22. The van der Waals surface area contributed by atoms with Crippen LogP contribution < -0.4 is 0 Å². The van der Waals surface area contributed by atoms with Crippen molar-refractivity contribution in [2.75, 3.05) is 0 Å². The molecule has 0 N–H and O–H groups in total. The van der Waals surface area contributed by atoms with Crippen molar-refractivity contribution in [3.8, 4) is 11.4 Å². The molecule has 14 heavy (non-hydrogen) atoms. The Bertz CT molecular complexity index is 440. The average molecular weight is 188 g/mol. The lowest BCUT2D eigenvalue weighted by Crippen LogP contribution is -1.93. The molecule has 0 amide bonds. The van der Waals surface area contributed by atoms with Crippen LogP contribution in [-0.2, 0) is 0 Å². The molecule has 0 aliphatic heterocycles. The molecule has 70 valence electrons. The van der Waals surface area contributed by atoms with E-state index in [1.54, 1.807) is 37.5 Å². The second-order valence-electron chi connectivity index (χ2n) is 3.01. The van der Waals surface area contributed by atoms with E-state index < -0.39 is 0 Å². The number of halogens is 1. The van der Waals surface area contributed by atoms with Crippen LogP contribution in [-0.4, -0.2) is 9.97 Å². The summed E-state index contributed by atoms with van der Waals surface area (Å²) >= 11 is 0. The summed E-state index contributed by atoms with van der Waals surface area (Å²) in [5, 5.41) is 0. The summed E-state index contributed by atoms with van der Waals surface area (Å²) in [6, 6.07) is 6.98. The number of aromatic nitrogens is 2. The highest BCUT2D eigenvalue weighted by Crippen LogP contribution is 2.19. The van der Waals surface area contributed by atoms with Gasteiger partial charge in [0, 0.05) is 12.4 Å². The van der Waals surface area contributed by atoms with Gasteiger partial charge in [0.1, 0.15) is 5.69 Å². The Morgan fingerprint density at radius 3 is 2.64 bits per heavy atom. The third-order valence-electron chi connectivity index (χ3n) is 1.99. The second-order valence-corrected chi connectivity index (χ2v) is 3.01. The zero-order valence-corrected chi connectivity index (χ0v) is 7.74. The molecule has 0 saturated heterocycles. The summed E-state index contributed by atoms with van der Waals surface area (Å²) in [6.07, 6.45) is 3.21. The topological polar surface area (TPSA) is 25.8 Å². The quantitative estimate of drug-likeness (QED) is 0.687. The lowest BCUT2D eigenvalue weighted by molar-refractivity contribution is 0.615. The smallest absolute Gasteiger partial charge is 0.153 e. The number of rotatable bonds is 1. The molecule has 0 spiro atoms. The maximum Gasteiger partial charge on any atom is 0.153 e. The lowest BCUT2D eigenvalue weighted by Gasteiger charge is -2.02. The minimum absolute atomic E-state index is 0.300. The summed E-state index contributed by atoms with van der Waals surface area (Å²) in [4.78, 5) is 8.02. The van der Waals surface area contributed by atoms with Gasteiger partial charge in [-0.3, -0.25) is 9.97 Å². The first-order valence-electron chi connectivity index (χ1n) is 4.31. The number of pyridine rings is 2. The highest BCUT2D eigenvalue weighted by Gasteiger charge is 2.08. The largest absolute Gasteiger partial charge is 0.255 e. The van der Waals surface area contributed by atoms with E-state index in [-0.39, 0.29) is 5.82 Å². The third-order valence-corrected chi connectivity index (χ3v) is 1.99. The highest BCUT2D eigenvalue weighted by atomic mass is 19.1. The van der Waals surface area contributed by atoms with Crippen LogP contribution in [0.3, 0.4) is 0 Å². The number of nitrogens with zero attached hydrogens (tertiary/aromatic N) is 2. The Labute approximate surface area is 81.5 Å². The Morgan fingerprint density at radius 1 is 1.07 bits per heavy atom. The van der Waals surface area contributed by atoms with Crippen molar-refractivity contribution >= 4 is 0 Å². The van der Waals surface area contributed by atoms with Crippen LogP contribution in [0.1, 0.15) is 5.56 Å². The molecule has 0 radical (unpaired) electrons. The Hall–Kier alpha value is -1.77. The maximum absolute atomic E-state index is 13.6. The predicted molar refractivity (Wildman–Crippen MR) is 52.2 cm³/mol. The first-order chi connectivity index (χ1) is 6.79. The maximum atomic E-state index is 13.6. The summed E-state index contributed by atoms with van der Waals surface area (Å²) in [5.74, 6) is -0.300. The van der Waals surface area contributed by atoms with Gasteiger partial charge in [0.15, 0.2) is 5.82 Å². The fourth-order valence-electron chi connectivity index (χ4n) is 1.22. The zero-order valence-electron chi connectivity index (χ0n) is 7.74. The molecule has 3 heteroatoms. The highest BCUT2D eigenvalue weighted by molar-refractivity contribution is 5.55. The molecule has 0 atom stereocenters. The van der Waals surface area contributed by atoms with Crippen LogP contribution in [0.5, 0.6) is 0 Å². The summed E-state index contributed by atoms with van der Waals surface area (Å²) in [7, 11) is 0. The van der Waals surface area contributed by atoms with Gasteiger partial charge in [-0.05, 0) is 30.7 Å². The molecule has 2 heterocycles. The van der Waals surface area contributed by atoms with E-state index in [1.807, 2.05) is 6.07 Å². The van der Waals surface area contributed by atoms with Crippen LogP contribution in [0.2, 0.25) is 0 Å². The second kappa shape index (κ2) is 3.54. The van der Waals surface area contributed by atoms with Crippen molar-refractivity contribution in [2.45, 2.75) is 6.92 Å². The van der Waals surface area contributed by atoms with Gasteiger partial charge in [-0.2, -0.15) is 0 Å². The van der Waals surface area contributed by atoms with Crippen molar-refractivity contribution in [2.24, 2.45) is 0 Å². The van der Waals surface area contributed by atoms with E-state index >= 15 is 0 Å². The molecule has 0 saturated carbocycles. The minimum atomic E-state index is -0.300. The molecule has 2 aromatic heterocycles. The molecule has 0 unspecified atom stereocenters. The van der Waals surface area contributed by atoms with Crippen molar-refractivity contribution in [1.82, 2.24) is 9.97 Å². The van der Waals surface area contributed by atoms with E-state index in [1.165, 1.54) is 0 Å². The van der Waals surface area contributed by atoms with Crippen molar-refractivity contribution in [3.05, 3.63) is 48.0 Å².